The highest BCUT2D eigenvalue weighted by Gasteiger charge is 2.34. The summed E-state index contributed by atoms with van der Waals surface area (Å²) in [6, 6.07) is -0.803. The lowest BCUT2D eigenvalue weighted by atomic mass is 10.2. The Hall–Kier alpha value is -0.700. The molecule has 0 radical (unpaired) electrons. The summed E-state index contributed by atoms with van der Waals surface area (Å²) >= 11 is 0. The molecule has 0 aromatic heterocycles. The van der Waals surface area contributed by atoms with Crippen LogP contribution in [0.1, 0.15) is 6.92 Å². The number of carbonyl (C=O) groups is 1. The van der Waals surface area contributed by atoms with Crippen molar-refractivity contribution in [3.63, 3.8) is 0 Å². The zero-order valence-corrected chi connectivity index (χ0v) is 9.38. The molecule has 1 aliphatic heterocycles. The van der Waals surface area contributed by atoms with Crippen molar-refractivity contribution in [3.05, 3.63) is 0 Å². The number of hydrogen-bond acceptors (Lipinski definition) is 4. The largest absolute Gasteiger partial charge is 0.368 e. The maximum absolute atomic E-state index is 11.7. The fourth-order valence-electron chi connectivity index (χ4n) is 1.48. The third kappa shape index (κ3) is 2.88. The van der Waals surface area contributed by atoms with Crippen LogP contribution in [0.5, 0.6) is 0 Å². The van der Waals surface area contributed by atoms with Crippen LogP contribution in [-0.2, 0) is 15.0 Å². The molecule has 88 valence electrons. The molecule has 0 aromatic rings. The normalized spacial score (nSPS) is 23.9. The van der Waals surface area contributed by atoms with Crippen LogP contribution in [0, 0.1) is 0 Å². The maximum atomic E-state index is 11.7. The fourth-order valence-corrected chi connectivity index (χ4v) is 2.86. The molecule has 15 heavy (non-hydrogen) atoms. The lowest BCUT2D eigenvalue weighted by Crippen LogP contribution is -2.60. The van der Waals surface area contributed by atoms with Crippen LogP contribution >= 0.6 is 0 Å². The molecule has 1 fully saturated rings. The summed E-state index contributed by atoms with van der Waals surface area (Å²) in [5.41, 5.74) is 5.14. The minimum absolute atomic E-state index is 0.253. The van der Waals surface area contributed by atoms with Gasteiger partial charge in [0.15, 0.2) is 0 Å². The number of carbonyl (C=O) groups excluding carboxylic acids is 1. The summed E-state index contributed by atoms with van der Waals surface area (Å²) in [4.78, 5) is 11.1. The van der Waals surface area contributed by atoms with Gasteiger partial charge >= 0.3 is 0 Å². The summed E-state index contributed by atoms with van der Waals surface area (Å²) in [6.45, 7) is 3.01. The highest BCUT2D eigenvalue weighted by molar-refractivity contribution is 7.87. The molecular formula is C7H16N4O3S. The Kier molecular flexibility index (Phi) is 4.03. The van der Waals surface area contributed by atoms with Crippen LogP contribution < -0.4 is 15.8 Å². The lowest BCUT2D eigenvalue weighted by Gasteiger charge is -2.32. The second-order valence-electron chi connectivity index (χ2n) is 3.24. The van der Waals surface area contributed by atoms with E-state index in [1.807, 2.05) is 0 Å². The van der Waals surface area contributed by atoms with E-state index >= 15 is 0 Å². The third-order valence-corrected chi connectivity index (χ3v) is 3.87. The van der Waals surface area contributed by atoms with Crippen LogP contribution in [-0.4, -0.2) is 50.9 Å². The van der Waals surface area contributed by atoms with Crippen molar-refractivity contribution in [2.45, 2.75) is 13.0 Å². The van der Waals surface area contributed by atoms with Crippen molar-refractivity contribution in [2.24, 2.45) is 5.73 Å². The van der Waals surface area contributed by atoms with Crippen molar-refractivity contribution < 1.29 is 13.2 Å². The number of amides is 1. The van der Waals surface area contributed by atoms with E-state index in [0.29, 0.717) is 6.54 Å². The second-order valence-corrected chi connectivity index (χ2v) is 4.94. The van der Waals surface area contributed by atoms with E-state index in [-0.39, 0.29) is 19.6 Å². The van der Waals surface area contributed by atoms with Gasteiger partial charge in [0, 0.05) is 26.2 Å². The van der Waals surface area contributed by atoms with Crippen LogP contribution in [0.2, 0.25) is 0 Å². The number of nitrogens with two attached hydrogens (primary N) is 1. The minimum Gasteiger partial charge on any atom is -0.368 e. The van der Waals surface area contributed by atoms with E-state index in [2.05, 4.69) is 10.0 Å². The Bertz CT molecular complexity index is 329. The van der Waals surface area contributed by atoms with Gasteiger partial charge in [-0.2, -0.15) is 12.7 Å². The molecule has 0 aliphatic carbocycles. The van der Waals surface area contributed by atoms with Crippen LogP contribution in [0.25, 0.3) is 0 Å². The van der Waals surface area contributed by atoms with Crippen molar-refractivity contribution >= 4 is 16.1 Å². The maximum Gasteiger partial charge on any atom is 0.280 e. The molecule has 1 saturated heterocycles. The van der Waals surface area contributed by atoms with E-state index in [9.17, 15) is 13.2 Å². The van der Waals surface area contributed by atoms with Gasteiger partial charge in [0.2, 0.25) is 5.91 Å². The number of piperazine rings is 1. The van der Waals surface area contributed by atoms with Gasteiger partial charge < -0.3 is 11.1 Å². The van der Waals surface area contributed by atoms with E-state index < -0.39 is 22.2 Å². The molecule has 4 N–H and O–H groups in total. The van der Waals surface area contributed by atoms with Gasteiger partial charge in [-0.05, 0) is 0 Å². The summed E-state index contributed by atoms with van der Waals surface area (Å²) in [5.74, 6) is -0.635. The van der Waals surface area contributed by atoms with Gasteiger partial charge in [-0.15, -0.1) is 0 Å². The highest BCUT2D eigenvalue weighted by atomic mass is 32.2. The summed E-state index contributed by atoms with van der Waals surface area (Å²) in [7, 11) is -3.59. The summed E-state index contributed by atoms with van der Waals surface area (Å²) in [5, 5.41) is 2.93. The molecule has 0 bridgehead atoms. The van der Waals surface area contributed by atoms with Crippen LogP contribution in [0.15, 0.2) is 0 Å². The van der Waals surface area contributed by atoms with E-state index in [0.717, 1.165) is 4.31 Å². The van der Waals surface area contributed by atoms with Crippen LogP contribution in [0.3, 0.4) is 0 Å². The Morgan fingerprint density at radius 2 is 2.33 bits per heavy atom. The Morgan fingerprint density at radius 1 is 1.67 bits per heavy atom. The lowest BCUT2D eigenvalue weighted by molar-refractivity contribution is -0.122. The zero-order chi connectivity index (χ0) is 11.5. The average molecular weight is 236 g/mol. The quantitative estimate of drug-likeness (QED) is 0.506. The number of primary amides is 1. The van der Waals surface area contributed by atoms with Gasteiger partial charge in [0.25, 0.3) is 10.2 Å². The Morgan fingerprint density at radius 3 is 2.87 bits per heavy atom. The molecular weight excluding hydrogens is 220 g/mol. The van der Waals surface area contributed by atoms with Crippen molar-refractivity contribution in [2.75, 3.05) is 26.2 Å². The molecule has 0 saturated carbocycles. The van der Waals surface area contributed by atoms with Crippen molar-refractivity contribution in [1.82, 2.24) is 14.3 Å². The van der Waals surface area contributed by atoms with Gasteiger partial charge in [-0.3, -0.25) is 4.79 Å². The fraction of sp³-hybridized carbons (Fsp3) is 0.857. The predicted octanol–water partition coefficient (Wildman–Crippen LogP) is -2.40. The number of rotatable bonds is 4. The number of nitrogens with zero attached hydrogens (tertiary/aromatic N) is 1. The van der Waals surface area contributed by atoms with Gasteiger partial charge in [-0.25, -0.2) is 4.72 Å². The van der Waals surface area contributed by atoms with E-state index in [4.69, 9.17) is 5.73 Å². The topological polar surface area (TPSA) is 105 Å². The van der Waals surface area contributed by atoms with Crippen LogP contribution in [0.4, 0.5) is 0 Å². The first-order chi connectivity index (χ1) is 6.99. The molecule has 1 aliphatic rings. The molecule has 0 spiro atoms. The first-order valence-electron chi connectivity index (χ1n) is 4.75. The van der Waals surface area contributed by atoms with Gasteiger partial charge in [-0.1, -0.05) is 6.92 Å². The molecule has 1 amide bonds. The molecule has 1 rings (SSSR count). The molecule has 0 aromatic carbocycles. The van der Waals surface area contributed by atoms with Gasteiger partial charge in [0.1, 0.15) is 6.04 Å². The first kappa shape index (κ1) is 12.4. The van der Waals surface area contributed by atoms with Gasteiger partial charge in [0.05, 0.1) is 0 Å². The standard InChI is InChI=1S/C7H16N4O3S/c1-2-10-15(13,14)11-4-3-9-5-6(11)7(8)12/h6,9-10H,2-5H2,1H3,(H2,8,12). The predicted molar refractivity (Wildman–Crippen MR) is 55.2 cm³/mol. The highest BCUT2D eigenvalue weighted by Crippen LogP contribution is 2.07. The molecule has 1 heterocycles. The number of hydrogen-bond donors (Lipinski definition) is 3. The molecule has 1 unspecified atom stereocenters. The minimum atomic E-state index is -3.59. The van der Waals surface area contributed by atoms with Crippen molar-refractivity contribution in [1.29, 1.82) is 0 Å². The molecule has 7 nitrogen and oxygen atoms in total. The first-order valence-corrected chi connectivity index (χ1v) is 6.19. The van der Waals surface area contributed by atoms with E-state index in [1.54, 1.807) is 6.92 Å². The second kappa shape index (κ2) is 4.88. The van der Waals surface area contributed by atoms with E-state index in [1.165, 1.54) is 0 Å². The summed E-state index contributed by atoms with van der Waals surface area (Å²) < 4.78 is 26.8. The zero-order valence-electron chi connectivity index (χ0n) is 8.56. The number of nitrogens with one attached hydrogen (secondary N) is 2. The average Bonchev–Trinajstić information content (AvgIpc) is 2.17. The smallest absolute Gasteiger partial charge is 0.280 e. The monoisotopic (exact) mass is 236 g/mol. The SMILES string of the molecule is CCNS(=O)(=O)N1CCNCC1C(N)=O. The summed E-state index contributed by atoms with van der Waals surface area (Å²) in [6.07, 6.45) is 0. The third-order valence-electron chi connectivity index (χ3n) is 2.16. The Balaban J connectivity index is 2.85. The van der Waals surface area contributed by atoms with Crippen molar-refractivity contribution in [3.8, 4) is 0 Å². The molecule has 8 heteroatoms. The Labute approximate surface area is 89.2 Å². The molecule has 1 atom stereocenters.